The molecule has 3 rings (SSSR count). The van der Waals surface area contributed by atoms with E-state index in [4.69, 9.17) is 4.74 Å². The van der Waals surface area contributed by atoms with E-state index in [1.165, 1.54) is 11.5 Å². The van der Waals surface area contributed by atoms with E-state index in [9.17, 15) is 4.79 Å². The van der Waals surface area contributed by atoms with Gasteiger partial charge in [-0.25, -0.2) is 4.98 Å². The Hall–Kier alpha value is -1.21. The van der Waals surface area contributed by atoms with E-state index in [2.05, 4.69) is 21.2 Å². The van der Waals surface area contributed by atoms with Crippen molar-refractivity contribution in [1.82, 2.24) is 14.3 Å². The Morgan fingerprint density at radius 2 is 2.22 bits per heavy atom. The minimum Gasteiger partial charge on any atom is -0.378 e. The van der Waals surface area contributed by atoms with Gasteiger partial charge < -0.3 is 14.5 Å². The highest BCUT2D eigenvalue weighted by atomic mass is 32.1. The predicted octanol–water partition coefficient (Wildman–Crippen LogP) is 2.10. The molecule has 7 heteroatoms. The van der Waals surface area contributed by atoms with E-state index in [1.54, 1.807) is 0 Å². The molecule has 3 heterocycles. The second-order valence-electron chi connectivity index (χ2n) is 6.24. The third kappa shape index (κ3) is 4.41. The number of anilines is 1. The Kier molecular flexibility index (Phi) is 5.83. The van der Waals surface area contributed by atoms with Gasteiger partial charge in [0.25, 0.3) is 0 Å². The third-order valence-electron chi connectivity index (χ3n) is 4.60. The van der Waals surface area contributed by atoms with Crippen LogP contribution in [0.1, 0.15) is 44.9 Å². The minimum absolute atomic E-state index is 0.272. The van der Waals surface area contributed by atoms with Gasteiger partial charge in [-0.15, -0.1) is 0 Å². The van der Waals surface area contributed by atoms with E-state index in [0.29, 0.717) is 12.5 Å². The second kappa shape index (κ2) is 8.06. The van der Waals surface area contributed by atoms with E-state index in [0.717, 1.165) is 75.8 Å². The molecule has 23 heavy (non-hydrogen) atoms. The zero-order valence-corrected chi connectivity index (χ0v) is 14.7. The number of amides is 1. The van der Waals surface area contributed by atoms with Crippen LogP contribution in [0.2, 0.25) is 0 Å². The molecule has 0 bridgehead atoms. The lowest BCUT2D eigenvalue weighted by atomic mass is 10.1. The molecule has 1 aromatic rings. The fraction of sp³-hybridized carbons (Fsp3) is 0.812. The van der Waals surface area contributed by atoms with Crippen LogP contribution in [0.15, 0.2) is 0 Å². The van der Waals surface area contributed by atoms with Crippen LogP contribution >= 0.6 is 11.5 Å². The first-order valence-electron chi connectivity index (χ1n) is 8.73. The summed E-state index contributed by atoms with van der Waals surface area (Å²) >= 11 is 1.47. The number of ether oxygens (including phenoxy) is 1. The van der Waals surface area contributed by atoms with Crippen LogP contribution in [-0.2, 0) is 16.0 Å². The summed E-state index contributed by atoms with van der Waals surface area (Å²) in [4.78, 5) is 21.3. The summed E-state index contributed by atoms with van der Waals surface area (Å²) in [6.45, 7) is 6.37. The monoisotopic (exact) mass is 338 g/mol. The van der Waals surface area contributed by atoms with Gasteiger partial charge in [0.15, 0.2) is 0 Å². The first-order valence-corrected chi connectivity index (χ1v) is 9.50. The Morgan fingerprint density at radius 1 is 1.30 bits per heavy atom. The maximum Gasteiger partial charge on any atom is 0.222 e. The SMILES string of the molecule is CCc1nsc(N2CCCN(C(=O)CCC3CCCO3)CC2)n1. The van der Waals surface area contributed by atoms with Crippen LogP contribution in [0.5, 0.6) is 0 Å². The van der Waals surface area contributed by atoms with Crippen molar-refractivity contribution in [2.24, 2.45) is 0 Å². The van der Waals surface area contributed by atoms with E-state index in [1.807, 2.05) is 4.90 Å². The number of hydrogen-bond donors (Lipinski definition) is 0. The molecular formula is C16H26N4O2S. The number of aromatic nitrogens is 2. The summed E-state index contributed by atoms with van der Waals surface area (Å²) < 4.78 is 9.97. The van der Waals surface area contributed by atoms with Crippen molar-refractivity contribution in [2.45, 2.75) is 51.6 Å². The van der Waals surface area contributed by atoms with E-state index < -0.39 is 0 Å². The van der Waals surface area contributed by atoms with Crippen LogP contribution in [0.4, 0.5) is 5.13 Å². The number of carbonyl (C=O) groups excluding carboxylic acids is 1. The topological polar surface area (TPSA) is 58.6 Å². The van der Waals surface area contributed by atoms with Gasteiger partial charge in [0.05, 0.1) is 6.10 Å². The van der Waals surface area contributed by atoms with Crippen molar-refractivity contribution in [3.8, 4) is 0 Å². The Bertz CT molecular complexity index is 516. The Labute approximate surface area is 142 Å². The van der Waals surface area contributed by atoms with Crippen molar-refractivity contribution in [3.05, 3.63) is 5.82 Å². The summed E-state index contributed by atoms with van der Waals surface area (Å²) in [5, 5.41) is 0.996. The fourth-order valence-corrected chi connectivity index (χ4v) is 3.99. The van der Waals surface area contributed by atoms with E-state index >= 15 is 0 Å². The molecule has 0 N–H and O–H groups in total. The maximum absolute atomic E-state index is 12.4. The normalized spacial score (nSPS) is 22.4. The predicted molar refractivity (Wildman–Crippen MR) is 90.9 cm³/mol. The van der Waals surface area contributed by atoms with Gasteiger partial charge >= 0.3 is 0 Å². The molecule has 6 nitrogen and oxygen atoms in total. The molecule has 0 saturated carbocycles. The van der Waals surface area contributed by atoms with Crippen LogP contribution < -0.4 is 4.90 Å². The molecule has 0 radical (unpaired) electrons. The van der Waals surface area contributed by atoms with Gasteiger partial charge in [-0.3, -0.25) is 4.79 Å². The summed E-state index contributed by atoms with van der Waals surface area (Å²) in [6.07, 6.45) is 5.90. The molecule has 128 valence electrons. The molecule has 1 atom stereocenters. The standard InChI is InChI=1S/C16H26N4O2S/c1-2-14-17-16(23-18-14)20-9-4-8-19(10-11-20)15(21)7-6-13-5-3-12-22-13/h13H,2-12H2,1H3. The summed E-state index contributed by atoms with van der Waals surface area (Å²) in [5.41, 5.74) is 0. The molecular weight excluding hydrogens is 312 g/mol. The van der Waals surface area contributed by atoms with Gasteiger partial charge in [0.1, 0.15) is 5.82 Å². The third-order valence-corrected chi connectivity index (χ3v) is 5.41. The van der Waals surface area contributed by atoms with Crippen LogP contribution in [0, 0.1) is 0 Å². The average Bonchev–Trinajstić information content (AvgIpc) is 3.20. The first-order chi connectivity index (χ1) is 11.3. The summed E-state index contributed by atoms with van der Waals surface area (Å²) in [7, 11) is 0. The Morgan fingerprint density at radius 3 is 2.96 bits per heavy atom. The van der Waals surface area contributed by atoms with Crippen molar-refractivity contribution < 1.29 is 9.53 Å². The van der Waals surface area contributed by atoms with Gasteiger partial charge in [-0.2, -0.15) is 4.37 Å². The zero-order valence-electron chi connectivity index (χ0n) is 13.9. The highest BCUT2D eigenvalue weighted by Crippen LogP contribution is 2.21. The molecule has 0 aromatic carbocycles. The lowest BCUT2D eigenvalue weighted by Crippen LogP contribution is -2.35. The van der Waals surface area contributed by atoms with Gasteiger partial charge in [-0.1, -0.05) is 6.92 Å². The second-order valence-corrected chi connectivity index (χ2v) is 6.97. The van der Waals surface area contributed by atoms with Crippen LogP contribution in [-0.4, -0.2) is 59.1 Å². The number of carbonyl (C=O) groups is 1. The number of rotatable bonds is 5. The number of hydrogen-bond acceptors (Lipinski definition) is 6. The van der Waals surface area contributed by atoms with Crippen LogP contribution in [0.25, 0.3) is 0 Å². The van der Waals surface area contributed by atoms with Crippen molar-refractivity contribution >= 4 is 22.6 Å². The quantitative estimate of drug-likeness (QED) is 0.823. The highest BCUT2D eigenvalue weighted by Gasteiger charge is 2.23. The van der Waals surface area contributed by atoms with Gasteiger partial charge in [0.2, 0.25) is 11.0 Å². The minimum atomic E-state index is 0.272. The van der Waals surface area contributed by atoms with Crippen molar-refractivity contribution in [2.75, 3.05) is 37.7 Å². The number of aryl methyl sites for hydroxylation is 1. The molecule has 1 unspecified atom stereocenters. The molecule has 2 aliphatic rings. The van der Waals surface area contributed by atoms with E-state index in [-0.39, 0.29) is 5.91 Å². The molecule has 1 aromatic heterocycles. The average molecular weight is 338 g/mol. The molecule has 2 saturated heterocycles. The van der Waals surface area contributed by atoms with Crippen LogP contribution in [0.3, 0.4) is 0 Å². The Balaban J connectivity index is 1.48. The lowest BCUT2D eigenvalue weighted by Gasteiger charge is -2.22. The number of nitrogens with zero attached hydrogens (tertiary/aromatic N) is 4. The van der Waals surface area contributed by atoms with Gasteiger partial charge in [-0.05, 0) is 25.7 Å². The summed E-state index contributed by atoms with van der Waals surface area (Å²) in [5.74, 6) is 1.19. The molecule has 2 fully saturated rings. The largest absolute Gasteiger partial charge is 0.378 e. The first kappa shape index (κ1) is 16.6. The molecule has 0 aliphatic carbocycles. The highest BCUT2D eigenvalue weighted by molar-refractivity contribution is 7.09. The van der Waals surface area contributed by atoms with Crippen molar-refractivity contribution in [3.63, 3.8) is 0 Å². The smallest absolute Gasteiger partial charge is 0.222 e. The molecule has 0 spiro atoms. The zero-order chi connectivity index (χ0) is 16.1. The molecule has 1 amide bonds. The lowest BCUT2D eigenvalue weighted by molar-refractivity contribution is -0.131. The van der Waals surface area contributed by atoms with Gasteiger partial charge in [0, 0.05) is 57.2 Å². The molecule has 2 aliphatic heterocycles. The summed E-state index contributed by atoms with van der Waals surface area (Å²) in [6, 6.07) is 0. The fourth-order valence-electron chi connectivity index (χ4n) is 3.19. The maximum atomic E-state index is 12.4. The van der Waals surface area contributed by atoms with Crippen molar-refractivity contribution in [1.29, 1.82) is 0 Å².